The lowest BCUT2D eigenvalue weighted by Crippen LogP contribution is -2.14. The summed E-state index contributed by atoms with van der Waals surface area (Å²) >= 11 is 0. The first-order valence-corrected chi connectivity index (χ1v) is 9.27. The minimum Gasteiger partial charge on any atom is -0.438 e. The second kappa shape index (κ2) is 8.44. The number of aromatic nitrogens is 4. The van der Waals surface area contributed by atoms with Crippen molar-refractivity contribution in [3.63, 3.8) is 0 Å². The van der Waals surface area contributed by atoms with Gasteiger partial charge in [-0.2, -0.15) is 0 Å². The summed E-state index contributed by atoms with van der Waals surface area (Å²) in [6.45, 7) is 0. The molecule has 8 heteroatoms. The van der Waals surface area contributed by atoms with Gasteiger partial charge in [-0.1, -0.05) is 6.07 Å². The van der Waals surface area contributed by atoms with Crippen LogP contribution in [-0.2, 0) is 0 Å². The minimum atomic E-state index is -0.173. The normalized spacial score (nSPS) is 10.5. The molecule has 1 N–H and O–H groups in total. The molecule has 0 aliphatic rings. The van der Waals surface area contributed by atoms with Crippen molar-refractivity contribution in [2.24, 2.45) is 0 Å². The van der Waals surface area contributed by atoms with Crippen LogP contribution in [0.3, 0.4) is 0 Å². The topological polar surface area (TPSA) is 85.2 Å². The lowest BCUT2D eigenvalue weighted by molar-refractivity contribution is 0.102. The Morgan fingerprint density at radius 2 is 1.87 bits per heavy atom. The molecule has 2 aromatic carbocycles. The maximum absolute atomic E-state index is 12.5. The molecule has 1 amide bonds. The third-order valence-corrected chi connectivity index (χ3v) is 4.35. The van der Waals surface area contributed by atoms with Crippen molar-refractivity contribution in [2.45, 2.75) is 0 Å². The van der Waals surface area contributed by atoms with Gasteiger partial charge in [0.25, 0.3) is 5.91 Å². The summed E-state index contributed by atoms with van der Waals surface area (Å²) < 4.78 is 7.47. The van der Waals surface area contributed by atoms with Crippen molar-refractivity contribution in [1.29, 1.82) is 0 Å². The van der Waals surface area contributed by atoms with Crippen molar-refractivity contribution in [2.75, 3.05) is 24.3 Å². The molecular formula is C22H20N6O2. The van der Waals surface area contributed by atoms with Crippen LogP contribution >= 0.6 is 0 Å². The van der Waals surface area contributed by atoms with Gasteiger partial charge in [0.05, 0.1) is 0 Å². The smallest absolute Gasteiger partial charge is 0.255 e. The third kappa shape index (κ3) is 4.44. The van der Waals surface area contributed by atoms with Crippen LogP contribution in [0.5, 0.6) is 11.6 Å². The lowest BCUT2D eigenvalue weighted by Gasteiger charge is -2.13. The number of amides is 1. The van der Waals surface area contributed by atoms with Crippen LogP contribution in [0.1, 0.15) is 10.4 Å². The molecule has 8 nitrogen and oxygen atoms in total. The summed E-state index contributed by atoms with van der Waals surface area (Å²) in [5.41, 5.74) is 2.23. The van der Waals surface area contributed by atoms with Gasteiger partial charge in [-0.3, -0.25) is 9.36 Å². The van der Waals surface area contributed by atoms with E-state index in [9.17, 15) is 4.79 Å². The first-order chi connectivity index (χ1) is 14.6. The molecule has 2 heterocycles. The SMILES string of the molecule is CN(C)c1cccc(C(=O)Nc2ccc(Oc3ccc(-n4ccnc4)nn3)cc2)c1. The zero-order valence-corrected chi connectivity index (χ0v) is 16.6. The van der Waals surface area contributed by atoms with Crippen LogP contribution in [-0.4, -0.2) is 39.8 Å². The van der Waals surface area contributed by atoms with Crippen LogP contribution in [0.4, 0.5) is 11.4 Å². The largest absolute Gasteiger partial charge is 0.438 e. The van der Waals surface area contributed by atoms with Crippen molar-refractivity contribution in [1.82, 2.24) is 19.7 Å². The number of hydrogen-bond donors (Lipinski definition) is 1. The average Bonchev–Trinajstić information content (AvgIpc) is 3.31. The van der Waals surface area contributed by atoms with Gasteiger partial charge in [-0.15, -0.1) is 10.2 Å². The van der Waals surface area contributed by atoms with E-state index in [4.69, 9.17) is 4.74 Å². The molecular weight excluding hydrogens is 380 g/mol. The number of carbonyl (C=O) groups excluding carboxylic acids is 1. The molecule has 0 atom stereocenters. The Balaban J connectivity index is 1.39. The Hall–Kier alpha value is -4.20. The standard InChI is InChI=1S/C22H20N6O2/c1-27(2)18-5-3-4-16(14-18)22(29)24-17-6-8-19(9-7-17)30-21-11-10-20(25-26-21)28-13-12-23-15-28/h3-15H,1-2H3,(H,24,29). The highest BCUT2D eigenvalue weighted by molar-refractivity contribution is 6.04. The summed E-state index contributed by atoms with van der Waals surface area (Å²) in [6.07, 6.45) is 5.11. The van der Waals surface area contributed by atoms with Crippen molar-refractivity contribution in [3.8, 4) is 17.4 Å². The number of rotatable bonds is 6. The molecule has 150 valence electrons. The number of imidazole rings is 1. The molecule has 0 saturated carbocycles. The maximum atomic E-state index is 12.5. The van der Waals surface area contributed by atoms with Gasteiger partial charge in [-0.05, 0) is 48.5 Å². The molecule has 0 aliphatic heterocycles. The Bertz CT molecular complexity index is 1120. The second-order valence-corrected chi connectivity index (χ2v) is 6.73. The van der Waals surface area contributed by atoms with Gasteiger partial charge in [0.1, 0.15) is 12.1 Å². The summed E-state index contributed by atoms with van der Waals surface area (Å²) in [6, 6.07) is 18.0. The molecule has 4 rings (SSSR count). The van der Waals surface area contributed by atoms with E-state index >= 15 is 0 Å². The number of benzene rings is 2. The Morgan fingerprint density at radius 3 is 2.53 bits per heavy atom. The zero-order valence-electron chi connectivity index (χ0n) is 16.6. The van der Waals surface area contributed by atoms with Gasteiger partial charge in [0.15, 0.2) is 5.82 Å². The first kappa shape index (κ1) is 19.1. The van der Waals surface area contributed by atoms with E-state index in [1.807, 2.05) is 37.2 Å². The predicted octanol–water partition coefficient (Wildman–Crippen LogP) is 3.77. The average molecular weight is 400 g/mol. The molecule has 0 radical (unpaired) electrons. The summed E-state index contributed by atoms with van der Waals surface area (Å²) in [4.78, 5) is 18.4. The molecule has 30 heavy (non-hydrogen) atoms. The van der Waals surface area contributed by atoms with Crippen molar-refractivity contribution in [3.05, 3.63) is 84.9 Å². The zero-order chi connectivity index (χ0) is 20.9. The van der Waals surface area contributed by atoms with Gasteiger partial charge in [0, 0.05) is 49.5 Å². The molecule has 0 aliphatic carbocycles. The number of nitrogens with zero attached hydrogens (tertiary/aromatic N) is 5. The third-order valence-electron chi connectivity index (χ3n) is 4.35. The molecule has 0 fully saturated rings. The van der Waals surface area contributed by atoms with E-state index in [2.05, 4.69) is 20.5 Å². The van der Waals surface area contributed by atoms with E-state index in [-0.39, 0.29) is 5.91 Å². The van der Waals surface area contributed by atoms with Crippen LogP contribution in [0.2, 0.25) is 0 Å². The van der Waals surface area contributed by atoms with Gasteiger partial charge in [-0.25, -0.2) is 4.98 Å². The lowest BCUT2D eigenvalue weighted by atomic mass is 10.1. The molecule has 2 aromatic heterocycles. The van der Waals surface area contributed by atoms with Crippen LogP contribution < -0.4 is 15.0 Å². The van der Waals surface area contributed by atoms with E-state index in [0.29, 0.717) is 28.7 Å². The van der Waals surface area contributed by atoms with Gasteiger partial charge < -0.3 is 15.0 Å². The monoisotopic (exact) mass is 400 g/mol. The number of ether oxygens (including phenoxy) is 1. The summed E-state index contributed by atoms with van der Waals surface area (Å²) in [7, 11) is 3.87. The Morgan fingerprint density at radius 1 is 1.03 bits per heavy atom. The number of nitrogens with one attached hydrogen (secondary N) is 1. The van der Waals surface area contributed by atoms with E-state index in [1.165, 1.54) is 0 Å². The quantitative estimate of drug-likeness (QED) is 0.530. The number of carbonyl (C=O) groups is 1. The highest BCUT2D eigenvalue weighted by atomic mass is 16.5. The minimum absolute atomic E-state index is 0.173. The summed E-state index contributed by atoms with van der Waals surface area (Å²) in [5, 5.41) is 11.1. The fourth-order valence-electron chi connectivity index (χ4n) is 2.76. The maximum Gasteiger partial charge on any atom is 0.255 e. The second-order valence-electron chi connectivity index (χ2n) is 6.73. The molecule has 0 bridgehead atoms. The van der Waals surface area contributed by atoms with Gasteiger partial charge >= 0.3 is 0 Å². The van der Waals surface area contributed by atoms with E-state index in [1.54, 1.807) is 65.8 Å². The molecule has 0 spiro atoms. The molecule has 0 saturated heterocycles. The Kier molecular flexibility index (Phi) is 5.38. The van der Waals surface area contributed by atoms with Crippen LogP contribution in [0.25, 0.3) is 5.82 Å². The first-order valence-electron chi connectivity index (χ1n) is 9.27. The molecule has 0 unspecified atom stereocenters. The molecule has 4 aromatic rings. The Labute approximate surface area is 173 Å². The fourth-order valence-corrected chi connectivity index (χ4v) is 2.76. The van der Waals surface area contributed by atoms with Crippen LogP contribution in [0.15, 0.2) is 79.4 Å². The van der Waals surface area contributed by atoms with E-state index < -0.39 is 0 Å². The van der Waals surface area contributed by atoms with Crippen molar-refractivity contribution < 1.29 is 9.53 Å². The van der Waals surface area contributed by atoms with E-state index in [0.717, 1.165) is 5.69 Å². The highest BCUT2D eigenvalue weighted by Gasteiger charge is 2.08. The number of hydrogen-bond acceptors (Lipinski definition) is 6. The number of anilines is 2. The van der Waals surface area contributed by atoms with Gasteiger partial charge in [0.2, 0.25) is 5.88 Å². The predicted molar refractivity (Wildman–Crippen MR) is 114 cm³/mol. The summed E-state index contributed by atoms with van der Waals surface area (Å²) in [5.74, 6) is 1.44. The fraction of sp³-hybridized carbons (Fsp3) is 0.0909. The van der Waals surface area contributed by atoms with Crippen molar-refractivity contribution >= 4 is 17.3 Å². The van der Waals surface area contributed by atoms with Crippen LogP contribution in [0, 0.1) is 0 Å². The highest BCUT2D eigenvalue weighted by Crippen LogP contribution is 2.22.